The molecule has 0 aliphatic rings. The molecule has 0 radical (unpaired) electrons. The van der Waals surface area contributed by atoms with Gasteiger partial charge >= 0.3 is 0 Å². The first-order chi connectivity index (χ1) is 10.2. The molecule has 0 unspecified atom stereocenters. The largest absolute Gasteiger partial charge is 0.497 e. The molecular weight excluding hydrogens is 280 g/mol. The van der Waals surface area contributed by atoms with Crippen molar-refractivity contribution in [1.29, 1.82) is 0 Å². The molecule has 0 atom stereocenters. The molecule has 3 aromatic rings. The first kappa shape index (κ1) is 13.6. The van der Waals surface area contributed by atoms with E-state index in [1.165, 1.54) is 22.5 Å². The molecule has 2 aromatic carbocycles. The fourth-order valence-electron chi connectivity index (χ4n) is 2.19. The number of nitrogens with zero attached hydrogens (tertiary/aromatic N) is 1. The zero-order valence-corrected chi connectivity index (χ0v) is 12.6. The lowest BCUT2D eigenvalue weighted by molar-refractivity contribution is 0.414. The molecule has 0 amide bonds. The second-order valence-corrected chi connectivity index (χ2v) is 5.68. The molecule has 2 N–H and O–H groups in total. The van der Waals surface area contributed by atoms with Crippen LogP contribution in [0.2, 0.25) is 0 Å². The second-order valence-electron chi connectivity index (χ2n) is 4.79. The standard InChI is InChI=1S/C17H16N2OS/c1-20-15-8-4-13(5-9-15)10-12-2-6-14(7-3-12)16-11-21-17(18)19-16/h2-9,11H,10H2,1H3,(H2,18,19). The summed E-state index contributed by atoms with van der Waals surface area (Å²) in [5.74, 6) is 0.884. The zero-order valence-electron chi connectivity index (χ0n) is 11.7. The van der Waals surface area contributed by atoms with Gasteiger partial charge < -0.3 is 10.5 Å². The summed E-state index contributed by atoms with van der Waals surface area (Å²) in [6.45, 7) is 0. The van der Waals surface area contributed by atoms with Crippen LogP contribution in [-0.2, 0) is 6.42 Å². The van der Waals surface area contributed by atoms with Crippen LogP contribution in [0.1, 0.15) is 11.1 Å². The van der Waals surface area contributed by atoms with Crippen LogP contribution in [0.15, 0.2) is 53.9 Å². The molecule has 0 saturated heterocycles. The van der Waals surface area contributed by atoms with E-state index < -0.39 is 0 Å². The van der Waals surface area contributed by atoms with Crippen LogP contribution in [-0.4, -0.2) is 12.1 Å². The third-order valence-corrected chi connectivity index (χ3v) is 4.01. The summed E-state index contributed by atoms with van der Waals surface area (Å²) >= 11 is 1.46. The van der Waals surface area contributed by atoms with Gasteiger partial charge in [0.25, 0.3) is 0 Å². The van der Waals surface area contributed by atoms with Crippen molar-refractivity contribution < 1.29 is 4.74 Å². The van der Waals surface area contributed by atoms with Crippen LogP contribution in [0.5, 0.6) is 5.75 Å². The maximum atomic E-state index is 5.67. The van der Waals surface area contributed by atoms with Gasteiger partial charge in [-0.2, -0.15) is 0 Å². The molecule has 0 saturated carbocycles. The Morgan fingerprint density at radius 2 is 1.62 bits per heavy atom. The molecule has 4 heteroatoms. The van der Waals surface area contributed by atoms with Gasteiger partial charge in [0.1, 0.15) is 5.75 Å². The Labute approximate surface area is 128 Å². The van der Waals surface area contributed by atoms with E-state index >= 15 is 0 Å². The van der Waals surface area contributed by atoms with Crippen LogP contribution in [0, 0.1) is 0 Å². The minimum atomic E-state index is 0.604. The van der Waals surface area contributed by atoms with Gasteiger partial charge in [0, 0.05) is 10.9 Å². The van der Waals surface area contributed by atoms with E-state index in [0.717, 1.165) is 23.4 Å². The van der Waals surface area contributed by atoms with Crippen LogP contribution in [0.3, 0.4) is 0 Å². The van der Waals surface area contributed by atoms with Gasteiger partial charge in [0.05, 0.1) is 12.8 Å². The number of rotatable bonds is 4. The third kappa shape index (κ3) is 3.23. The van der Waals surface area contributed by atoms with Gasteiger partial charge in [-0.25, -0.2) is 4.98 Å². The van der Waals surface area contributed by atoms with E-state index in [-0.39, 0.29) is 0 Å². The number of hydrogen-bond acceptors (Lipinski definition) is 4. The van der Waals surface area contributed by atoms with Gasteiger partial charge in [-0.05, 0) is 29.7 Å². The maximum Gasteiger partial charge on any atom is 0.180 e. The van der Waals surface area contributed by atoms with Crippen molar-refractivity contribution in [2.45, 2.75) is 6.42 Å². The van der Waals surface area contributed by atoms with Gasteiger partial charge in [-0.3, -0.25) is 0 Å². The number of aromatic nitrogens is 1. The molecular formula is C17H16N2OS. The van der Waals surface area contributed by atoms with Crippen LogP contribution in [0.25, 0.3) is 11.3 Å². The molecule has 3 nitrogen and oxygen atoms in total. The molecule has 0 spiro atoms. The Bertz CT molecular complexity index is 717. The van der Waals surface area contributed by atoms with Gasteiger partial charge in [-0.1, -0.05) is 36.4 Å². The summed E-state index contributed by atoms with van der Waals surface area (Å²) < 4.78 is 5.17. The Kier molecular flexibility index (Phi) is 3.88. The van der Waals surface area contributed by atoms with Crippen molar-refractivity contribution >= 4 is 16.5 Å². The highest BCUT2D eigenvalue weighted by atomic mass is 32.1. The molecule has 106 valence electrons. The molecule has 0 fully saturated rings. The van der Waals surface area contributed by atoms with Gasteiger partial charge in [0.15, 0.2) is 5.13 Å². The third-order valence-electron chi connectivity index (χ3n) is 3.34. The lowest BCUT2D eigenvalue weighted by Crippen LogP contribution is -1.89. The fourth-order valence-corrected chi connectivity index (χ4v) is 2.76. The predicted molar refractivity (Wildman–Crippen MR) is 87.8 cm³/mol. The topological polar surface area (TPSA) is 48.1 Å². The van der Waals surface area contributed by atoms with E-state index in [1.807, 2.05) is 17.5 Å². The highest BCUT2D eigenvalue weighted by Gasteiger charge is 2.03. The summed E-state index contributed by atoms with van der Waals surface area (Å²) in [6, 6.07) is 16.6. The Morgan fingerprint density at radius 1 is 1.00 bits per heavy atom. The van der Waals surface area contributed by atoms with Crippen molar-refractivity contribution in [3.05, 3.63) is 65.0 Å². The number of hydrogen-bond donors (Lipinski definition) is 1. The Balaban J connectivity index is 1.74. The number of methoxy groups -OCH3 is 1. The SMILES string of the molecule is COc1ccc(Cc2ccc(-c3csc(N)n3)cc2)cc1. The fraction of sp³-hybridized carbons (Fsp3) is 0.118. The lowest BCUT2D eigenvalue weighted by Gasteiger charge is -2.05. The second kappa shape index (κ2) is 5.97. The number of anilines is 1. The number of thiazole rings is 1. The summed E-state index contributed by atoms with van der Waals surface area (Å²) in [5.41, 5.74) is 10.2. The van der Waals surface area contributed by atoms with E-state index in [2.05, 4.69) is 41.4 Å². The summed E-state index contributed by atoms with van der Waals surface area (Å²) in [4.78, 5) is 4.30. The molecule has 1 aromatic heterocycles. The number of benzene rings is 2. The lowest BCUT2D eigenvalue weighted by atomic mass is 10.0. The maximum absolute atomic E-state index is 5.67. The molecule has 1 heterocycles. The summed E-state index contributed by atoms with van der Waals surface area (Å²) in [6.07, 6.45) is 0.906. The van der Waals surface area contributed by atoms with Crippen molar-refractivity contribution in [1.82, 2.24) is 4.98 Å². The van der Waals surface area contributed by atoms with Crippen molar-refractivity contribution in [2.75, 3.05) is 12.8 Å². The molecule has 0 aliphatic heterocycles. The van der Waals surface area contributed by atoms with E-state index in [0.29, 0.717) is 5.13 Å². The van der Waals surface area contributed by atoms with E-state index in [9.17, 15) is 0 Å². The van der Waals surface area contributed by atoms with Gasteiger partial charge in [-0.15, -0.1) is 11.3 Å². The number of ether oxygens (including phenoxy) is 1. The van der Waals surface area contributed by atoms with Crippen molar-refractivity contribution in [3.63, 3.8) is 0 Å². The highest BCUT2D eigenvalue weighted by molar-refractivity contribution is 7.13. The average Bonchev–Trinajstić information content (AvgIpc) is 2.95. The van der Waals surface area contributed by atoms with Crippen LogP contribution in [0.4, 0.5) is 5.13 Å². The Morgan fingerprint density at radius 3 is 2.14 bits per heavy atom. The minimum Gasteiger partial charge on any atom is -0.497 e. The van der Waals surface area contributed by atoms with E-state index in [4.69, 9.17) is 10.5 Å². The van der Waals surface area contributed by atoms with Crippen LogP contribution >= 0.6 is 11.3 Å². The normalized spacial score (nSPS) is 10.5. The minimum absolute atomic E-state index is 0.604. The smallest absolute Gasteiger partial charge is 0.180 e. The average molecular weight is 296 g/mol. The summed E-state index contributed by atoms with van der Waals surface area (Å²) in [5, 5.41) is 2.58. The molecule has 21 heavy (non-hydrogen) atoms. The zero-order chi connectivity index (χ0) is 14.7. The molecule has 0 bridgehead atoms. The highest BCUT2D eigenvalue weighted by Crippen LogP contribution is 2.24. The molecule has 3 rings (SSSR count). The predicted octanol–water partition coefficient (Wildman–Crippen LogP) is 3.99. The first-order valence-corrected chi connectivity index (χ1v) is 7.56. The van der Waals surface area contributed by atoms with Gasteiger partial charge in [0.2, 0.25) is 0 Å². The van der Waals surface area contributed by atoms with Crippen molar-refractivity contribution in [2.24, 2.45) is 0 Å². The Hall–Kier alpha value is -2.33. The monoisotopic (exact) mass is 296 g/mol. The summed E-state index contributed by atoms with van der Waals surface area (Å²) in [7, 11) is 1.68. The van der Waals surface area contributed by atoms with Crippen molar-refractivity contribution in [3.8, 4) is 17.0 Å². The quantitative estimate of drug-likeness (QED) is 0.792. The van der Waals surface area contributed by atoms with Crippen LogP contribution < -0.4 is 10.5 Å². The van der Waals surface area contributed by atoms with E-state index in [1.54, 1.807) is 7.11 Å². The molecule has 0 aliphatic carbocycles. The number of nitrogens with two attached hydrogens (primary N) is 1. The first-order valence-electron chi connectivity index (χ1n) is 6.68. The number of nitrogen functional groups attached to an aromatic ring is 1.